The van der Waals surface area contributed by atoms with E-state index in [1.165, 1.54) is 0 Å². The van der Waals surface area contributed by atoms with Crippen molar-refractivity contribution < 1.29 is 4.79 Å². The van der Waals surface area contributed by atoms with Crippen LogP contribution >= 0.6 is 11.8 Å². The van der Waals surface area contributed by atoms with Crippen molar-refractivity contribution in [3.8, 4) is 0 Å². The highest BCUT2D eigenvalue weighted by Gasteiger charge is 2.21. The lowest BCUT2D eigenvalue weighted by molar-refractivity contribution is -0.129. The first-order valence-corrected chi connectivity index (χ1v) is 6.72. The van der Waals surface area contributed by atoms with Crippen molar-refractivity contribution in [3.63, 3.8) is 0 Å². The molecule has 0 N–H and O–H groups in total. The van der Waals surface area contributed by atoms with Gasteiger partial charge < -0.3 is 4.90 Å². The zero-order valence-corrected chi connectivity index (χ0v) is 11.4. The van der Waals surface area contributed by atoms with E-state index in [0.29, 0.717) is 5.92 Å². The molecule has 0 saturated heterocycles. The number of rotatable bonds is 6. The third kappa shape index (κ3) is 4.74. The summed E-state index contributed by atoms with van der Waals surface area (Å²) in [6.45, 7) is 9.97. The topological polar surface area (TPSA) is 20.3 Å². The summed E-state index contributed by atoms with van der Waals surface area (Å²) in [7, 11) is 1.86. The second-order valence-corrected chi connectivity index (χ2v) is 5.14. The lowest BCUT2D eigenvalue weighted by atomic mass is 9.94. The number of carbonyl (C=O) groups excluding carboxylic acids is 1. The van der Waals surface area contributed by atoms with Gasteiger partial charge in [0.05, 0.1) is 6.04 Å². The predicted molar refractivity (Wildman–Crippen MR) is 69.2 cm³/mol. The monoisotopic (exact) mass is 229 g/mol. The zero-order chi connectivity index (χ0) is 12.0. The first-order chi connectivity index (χ1) is 6.91. The van der Waals surface area contributed by atoms with Gasteiger partial charge in [-0.15, -0.1) is 0 Å². The van der Waals surface area contributed by atoms with Gasteiger partial charge in [0.15, 0.2) is 0 Å². The Balaban J connectivity index is 4.56. The van der Waals surface area contributed by atoms with Crippen molar-refractivity contribution in [1.82, 2.24) is 4.90 Å². The SMILES string of the molecule is C=C(C(C)C)C(CCSC)N(C)C(C)=O. The summed E-state index contributed by atoms with van der Waals surface area (Å²) >= 11 is 1.81. The van der Waals surface area contributed by atoms with Gasteiger partial charge in [-0.1, -0.05) is 26.0 Å². The molecule has 0 heterocycles. The molecule has 2 nitrogen and oxygen atoms in total. The standard InChI is InChI=1S/C12H23NOS/c1-9(2)10(3)12(7-8-15-6)13(5)11(4)14/h9,12H,3,7-8H2,1-2,4-6H3. The fraction of sp³-hybridized carbons (Fsp3) is 0.750. The summed E-state index contributed by atoms with van der Waals surface area (Å²) in [4.78, 5) is 13.2. The third-order valence-corrected chi connectivity index (χ3v) is 3.37. The number of carbonyl (C=O) groups is 1. The number of hydrogen-bond donors (Lipinski definition) is 0. The largest absolute Gasteiger partial charge is 0.339 e. The molecule has 1 amide bonds. The highest BCUT2D eigenvalue weighted by molar-refractivity contribution is 7.98. The van der Waals surface area contributed by atoms with Crippen LogP contribution < -0.4 is 0 Å². The van der Waals surface area contributed by atoms with Gasteiger partial charge in [0.2, 0.25) is 5.91 Å². The Kier molecular flexibility index (Phi) is 6.73. The van der Waals surface area contributed by atoms with Crippen LogP contribution in [-0.2, 0) is 4.79 Å². The van der Waals surface area contributed by atoms with Gasteiger partial charge in [-0.2, -0.15) is 11.8 Å². The maximum absolute atomic E-state index is 11.4. The highest BCUT2D eigenvalue weighted by atomic mass is 32.2. The summed E-state index contributed by atoms with van der Waals surface area (Å²) in [5, 5.41) is 0. The minimum atomic E-state index is 0.114. The molecule has 0 radical (unpaired) electrons. The van der Waals surface area contributed by atoms with Gasteiger partial charge in [0.1, 0.15) is 0 Å². The summed E-state index contributed by atoms with van der Waals surface area (Å²) in [6, 6.07) is 0.190. The van der Waals surface area contributed by atoms with Crippen LogP contribution in [0.15, 0.2) is 12.2 Å². The van der Waals surface area contributed by atoms with E-state index < -0.39 is 0 Å². The van der Waals surface area contributed by atoms with Gasteiger partial charge in [0, 0.05) is 14.0 Å². The molecule has 88 valence electrons. The quantitative estimate of drug-likeness (QED) is 0.653. The van der Waals surface area contributed by atoms with Crippen molar-refractivity contribution >= 4 is 17.7 Å². The molecule has 15 heavy (non-hydrogen) atoms. The Morgan fingerprint density at radius 2 is 2.00 bits per heavy atom. The van der Waals surface area contributed by atoms with Crippen LogP contribution in [0.4, 0.5) is 0 Å². The van der Waals surface area contributed by atoms with Crippen molar-refractivity contribution in [2.45, 2.75) is 33.2 Å². The summed E-state index contributed by atoms with van der Waals surface area (Å²) in [6.07, 6.45) is 3.08. The maximum atomic E-state index is 11.4. The first-order valence-electron chi connectivity index (χ1n) is 5.32. The Morgan fingerprint density at radius 1 is 1.47 bits per heavy atom. The van der Waals surface area contributed by atoms with Crippen LogP contribution in [0.25, 0.3) is 0 Å². The van der Waals surface area contributed by atoms with E-state index in [2.05, 4.69) is 26.7 Å². The smallest absolute Gasteiger partial charge is 0.219 e. The number of likely N-dealkylation sites (N-methyl/N-ethyl adjacent to an activating group) is 1. The van der Waals surface area contributed by atoms with Crippen molar-refractivity contribution in [1.29, 1.82) is 0 Å². The van der Waals surface area contributed by atoms with Crippen LogP contribution in [-0.4, -0.2) is 35.9 Å². The molecule has 1 atom stereocenters. The molecule has 0 aromatic carbocycles. The molecule has 3 heteroatoms. The Bertz CT molecular complexity index is 226. The molecule has 0 aromatic heterocycles. The van der Waals surface area contributed by atoms with Crippen molar-refractivity contribution in [3.05, 3.63) is 12.2 Å². The highest BCUT2D eigenvalue weighted by Crippen LogP contribution is 2.20. The lowest BCUT2D eigenvalue weighted by Gasteiger charge is -2.30. The van der Waals surface area contributed by atoms with Gasteiger partial charge in [0.25, 0.3) is 0 Å². The minimum absolute atomic E-state index is 0.114. The van der Waals surface area contributed by atoms with Crippen LogP contribution in [0, 0.1) is 5.92 Å². The van der Waals surface area contributed by atoms with E-state index in [1.807, 2.05) is 18.8 Å². The van der Waals surface area contributed by atoms with Crippen LogP contribution in [0.2, 0.25) is 0 Å². The molecule has 0 rings (SSSR count). The van der Waals surface area contributed by atoms with Gasteiger partial charge in [-0.3, -0.25) is 4.79 Å². The van der Waals surface area contributed by atoms with Gasteiger partial charge in [-0.05, 0) is 24.3 Å². The first kappa shape index (κ1) is 14.6. The van der Waals surface area contributed by atoms with E-state index in [-0.39, 0.29) is 11.9 Å². The normalized spacial score (nSPS) is 12.7. The molecule has 0 spiro atoms. The van der Waals surface area contributed by atoms with Gasteiger partial charge >= 0.3 is 0 Å². The fourth-order valence-corrected chi connectivity index (χ4v) is 1.92. The number of amides is 1. The van der Waals surface area contributed by atoms with Crippen LogP contribution in [0.1, 0.15) is 27.2 Å². The number of nitrogens with zero attached hydrogens (tertiary/aromatic N) is 1. The van der Waals surface area contributed by atoms with E-state index >= 15 is 0 Å². The van der Waals surface area contributed by atoms with E-state index in [0.717, 1.165) is 17.7 Å². The maximum Gasteiger partial charge on any atom is 0.219 e. The second kappa shape index (κ2) is 6.94. The van der Waals surface area contributed by atoms with Crippen molar-refractivity contribution in [2.75, 3.05) is 19.1 Å². The molecule has 0 aliphatic carbocycles. The molecule has 0 aromatic rings. The van der Waals surface area contributed by atoms with E-state index in [4.69, 9.17) is 0 Å². The number of hydrogen-bond acceptors (Lipinski definition) is 2. The van der Waals surface area contributed by atoms with E-state index in [9.17, 15) is 4.79 Å². The summed E-state index contributed by atoms with van der Waals surface area (Å²) in [5.74, 6) is 1.61. The van der Waals surface area contributed by atoms with Crippen LogP contribution in [0.5, 0.6) is 0 Å². The molecule has 0 saturated carbocycles. The average molecular weight is 229 g/mol. The molecule has 0 fully saturated rings. The molecular formula is C12H23NOS. The second-order valence-electron chi connectivity index (χ2n) is 4.16. The molecular weight excluding hydrogens is 206 g/mol. The summed E-state index contributed by atoms with van der Waals surface area (Å²) in [5.41, 5.74) is 1.15. The van der Waals surface area contributed by atoms with Crippen LogP contribution in [0.3, 0.4) is 0 Å². The predicted octanol–water partition coefficient (Wildman–Crippen LogP) is 2.80. The molecule has 0 aliphatic rings. The minimum Gasteiger partial charge on any atom is -0.339 e. The molecule has 0 bridgehead atoms. The average Bonchev–Trinajstić information content (AvgIpc) is 2.17. The Labute approximate surface area is 98.1 Å². The zero-order valence-electron chi connectivity index (χ0n) is 10.5. The third-order valence-electron chi connectivity index (χ3n) is 2.73. The summed E-state index contributed by atoms with van der Waals surface area (Å²) < 4.78 is 0. The number of thioether (sulfide) groups is 1. The fourth-order valence-electron chi connectivity index (χ4n) is 1.46. The van der Waals surface area contributed by atoms with Gasteiger partial charge in [-0.25, -0.2) is 0 Å². The lowest BCUT2D eigenvalue weighted by Crippen LogP contribution is -2.38. The Hall–Kier alpha value is -0.440. The van der Waals surface area contributed by atoms with Crippen molar-refractivity contribution in [2.24, 2.45) is 5.92 Å². The van der Waals surface area contributed by atoms with E-state index in [1.54, 1.807) is 11.8 Å². The molecule has 1 unspecified atom stereocenters. The molecule has 0 aliphatic heterocycles. The Morgan fingerprint density at radius 3 is 2.33 bits per heavy atom.